The predicted octanol–water partition coefficient (Wildman–Crippen LogP) is 0.919. The van der Waals surface area contributed by atoms with Gasteiger partial charge in [-0.2, -0.15) is 0 Å². The van der Waals surface area contributed by atoms with Crippen molar-refractivity contribution < 1.29 is 0 Å². The lowest BCUT2D eigenvalue weighted by atomic mass is 10.4. The van der Waals surface area contributed by atoms with Crippen molar-refractivity contribution >= 4 is 17.4 Å². The third kappa shape index (κ3) is 12.4. The van der Waals surface area contributed by atoms with Gasteiger partial charge in [0.1, 0.15) is 0 Å². The SMILES string of the molecule is CCNCC.[AlH3].[c]1ccccc1. The van der Waals surface area contributed by atoms with Crippen molar-refractivity contribution in [2.24, 2.45) is 0 Å². The quantitative estimate of drug-likeness (QED) is 0.667. The fourth-order valence-electron chi connectivity index (χ4n) is 0.592. The molecule has 0 aliphatic heterocycles. The molecule has 0 bridgehead atoms. The molecule has 1 nitrogen and oxygen atoms in total. The lowest BCUT2D eigenvalue weighted by molar-refractivity contribution is 0.762. The molecule has 0 amide bonds. The molecule has 1 radical (unpaired) electrons. The molecule has 0 fully saturated rings. The summed E-state index contributed by atoms with van der Waals surface area (Å²) in [5, 5.41) is 3.11. The van der Waals surface area contributed by atoms with Crippen molar-refractivity contribution in [1.82, 2.24) is 5.32 Å². The van der Waals surface area contributed by atoms with Gasteiger partial charge in [0, 0.05) is 0 Å². The fraction of sp³-hybridized carbons (Fsp3) is 0.400. The largest absolute Gasteiger partial charge is 0.317 e. The highest BCUT2D eigenvalue weighted by Crippen LogP contribution is 1.78. The molecule has 0 aliphatic carbocycles. The zero-order valence-corrected chi connectivity index (χ0v) is 7.30. The lowest BCUT2D eigenvalue weighted by Crippen LogP contribution is -2.09. The molecule has 1 aromatic carbocycles. The topological polar surface area (TPSA) is 12.0 Å². The average molecular weight is 180 g/mol. The Labute approximate surface area is 86.3 Å². The average Bonchev–Trinajstić information content (AvgIpc) is 2.10. The van der Waals surface area contributed by atoms with Crippen LogP contribution in [0.15, 0.2) is 30.3 Å². The van der Waals surface area contributed by atoms with E-state index in [9.17, 15) is 0 Å². The second-order valence-corrected chi connectivity index (χ2v) is 2.03. The molecule has 1 rings (SSSR count). The molecule has 2 heteroatoms. The summed E-state index contributed by atoms with van der Waals surface area (Å²) in [6.07, 6.45) is 0. The van der Waals surface area contributed by atoms with Crippen LogP contribution in [0.25, 0.3) is 0 Å². The van der Waals surface area contributed by atoms with Gasteiger partial charge >= 0.3 is 0 Å². The van der Waals surface area contributed by atoms with Crippen LogP contribution in [0, 0.1) is 6.07 Å². The van der Waals surface area contributed by atoms with Gasteiger partial charge in [0.25, 0.3) is 0 Å². The monoisotopic (exact) mass is 180 g/mol. The summed E-state index contributed by atoms with van der Waals surface area (Å²) in [6.45, 7) is 6.39. The summed E-state index contributed by atoms with van der Waals surface area (Å²) in [5.74, 6) is 0. The van der Waals surface area contributed by atoms with Crippen LogP contribution in [0.5, 0.6) is 0 Å². The standard InChI is InChI=1S/C6H5.C4H11N.Al.3H/c1-2-4-6-5-3-1;1-3-5-4-2;;;;/h1-5H;5H,3-4H2,1-2H3;;;;. The van der Waals surface area contributed by atoms with E-state index in [1.165, 1.54) is 0 Å². The van der Waals surface area contributed by atoms with Gasteiger partial charge < -0.3 is 5.32 Å². The van der Waals surface area contributed by atoms with Crippen LogP contribution in [0.2, 0.25) is 0 Å². The Morgan fingerprint density at radius 2 is 1.50 bits per heavy atom. The van der Waals surface area contributed by atoms with E-state index < -0.39 is 0 Å². The summed E-state index contributed by atoms with van der Waals surface area (Å²) in [6, 6.07) is 12.5. The molecule has 67 valence electrons. The Balaban J connectivity index is 0. The van der Waals surface area contributed by atoms with Crippen LogP contribution < -0.4 is 5.32 Å². The Hall–Kier alpha value is -0.288. The molecular formula is C10H19AlN. The number of rotatable bonds is 2. The van der Waals surface area contributed by atoms with Crippen molar-refractivity contribution in [3.63, 3.8) is 0 Å². The molecule has 1 N–H and O–H groups in total. The van der Waals surface area contributed by atoms with Gasteiger partial charge in [0.05, 0.1) is 0 Å². The second-order valence-electron chi connectivity index (χ2n) is 2.03. The minimum Gasteiger partial charge on any atom is -0.317 e. The molecule has 0 saturated carbocycles. The van der Waals surface area contributed by atoms with Gasteiger partial charge in [-0.1, -0.05) is 44.2 Å². The zero-order chi connectivity index (χ0) is 8.36. The van der Waals surface area contributed by atoms with E-state index in [1.807, 2.05) is 30.3 Å². The minimum atomic E-state index is 0. The molecule has 0 atom stereocenters. The molecular weight excluding hydrogens is 161 g/mol. The Morgan fingerprint density at radius 3 is 1.58 bits per heavy atom. The maximum absolute atomic E-state index is 3.11. The highest BCUT2D eigenvalue weighted by molar-refractivity contribution is 5.75. The van der Waals surface area contributed by atoms with Crippen LogP contribution in [-0.4, -0.2) is 30.5 Å². The Bertz CT molecular complexity index is 113. The van der Waals surface area contributed by atoms with E-state index in [0.29, 0.717) is 0 Å². The molecule has 0 aliphatic rings. The summed E-state index contributed by atoms with van der Waals surface area (Å²) in [4.78, 5) is 0. The first-order valence-electron chi connectivity index (χ1n) is 4.03. The first-order chi connectivity index (χ1) is 5.41. The predicted molar refractivity (Wildman–Crippen MR) is 59.4 cm³/mol. The smallest absolute Gasteiger partial charge is 0.187 e. The van der Waals surface area contributed by atoms with Crippen LogP contribution in [0.3, 0.4) is 0 Å². The van der Waals surface area contributed by atoms with Crippen molar-refractivity contribution in [2.45, 2.75) is 13.8 Å². The first kappa shape index (κ1) is 14.2. The first-order valence-corrected chi connectivity index (χ1v) is 4.03. The number of nitrogens with one attached hydrogen (secondary N) is 1. The summed E-state index contributed by atoms with van der Waals surface area (Å²) < 4.78 is 0. The van der Waals surface area contributed by atoms with Crippen molar-refractivity contribution in [3.05, 3.63) is 36.4 Å². The molecule has 0 saturated heterocycles. The lowest BCUT2D eigenvalue weighted by Gasteiger charge is -1.86. The van der Waals surface area contributed by atoms with Gasteiger partial charge in [0.2, 0.25) is 0 Å². The van der Waals surface area contributed by atoms with Gasteiger partial charge in [-0.3, -0.25) is 0 Å². The number of hydrogen-bond acceptors (Lipinski definition) is 1. The maximum atomic E-state index is 3.11. The van der Waals surface area contributed by atoms with Crippen LogP contribution in [0.4, 0.5) is 0 Å². The second kappa shape index (κ2) is 13.3. The van der Waals surface area contributed by atoms with E-state index in [4.69, 9.17) is 0 Å². The van der Waals surface area contributed by atoms with E-state index in [2.05, 4.69) is 25.2 Å². The maximum Gasteiger partial charge on any atom is 0.187 e. The van der Waals surface area contributed by atoms with Crippen molar-refractivity contribution in [3.8, 4) is 0 Å². The molecule has 0 unspecified atom stereocenters. The summed E-state index contributed by atoms with van der Waals surface area (Å²) in [5.41, 5.74) is 0. The minimum absolute atomic E-state index is 0. The molecule has 0 spiro atoms. The van der Waals surface area contributed by atoms with Crippen LogP contribution >= 0.6 is 0 Å². The van der Waals surface area contributed by atoms with E-state index in [1.54, 1.807) is 0 Å². The van der Waals surface area contributed by atoms with Crippen LogP contribution in [0.1, 0.15) is 13.8 Å². The number of hydrogen-bond donors (Lipinski definition) is 1. The Kier molecular flexibility index (Phi) is 15.8. The van der Waals surface area contributed by atoms with E-state index in [0.717, 1.165) is 13.1 Å². The van der Waals surface area contributed by atoms with Crippen molar-refractivity contribution in [1.29, 1.82) is 0 Å². The molecule has 0 aromatic heterocycles. The van der Waals surface area contributed by atoms with Gasteiger partial charge in [-0.15, -0.1) is 0 Å². The Morgan fingerprint density at radius 1 is 1.00 bits per heavy atom. The van der Waals surface area contributed by atoms with Gasteiger partial charge in [-0.05, 0) is 19.2 Å². The van der Waals surface area contributed by atoms with E-state index >= 15 is 0 Å². The summed E-state index contributed by atoms with van der Waals surface area (Å²) >= 11 is 0. The third-order valence-corrected chi connectivity index (χ3v) is 1.11. The zero-order valence-electron chi connectivity index (χ0n) is 7.30. The van der Waals surface area contributed by atoms with Crippen molar-refractivity contribution in [2.75, 3.05) is 13.1 Å². The van der Waals surface area contributed by atoms with E-state index in [-0.39, 0.29) is 17.4 Å². The fourth-order valence-corrected chi connectivity index (χ4v) is 0.592. The summed E-state index contributed by atoms with van der Waals surface area (Å²) in [7, 11) is 0. The highest BCUT2D eigenvalue weighted by Gasteiger charge is 1.62. The number of benzene rings is 1. The molecule has 1 aromatic rings. The molecule has 0 heterocycles. The van der Waals surface area contributed by atoms with Gasteiger partial charge in [0.15, 0.2) is 17.4 Å². The van der Waals surface area contributed by atoms with Gasteiger partial charge in [-0.25, -0.2) is 0 Å². The van der Waals surface area contributed by atoms with Crippen LogP contribution in [-0.2, 0) is 0 Å². The third-order valence-electron chi connectivity index (χ3n) is 1.11. The molecule has 12 heavy (non-hydrogen) atoms. The normalized spacial score (nSPS) is 7.50. The highest BCUT2D eigenvalue weighted by atomic mass is 27.0.